The van der Waals surface area contributed by atoms with Crippen molar-refractivity contribution in [1.29, 1.82) is 0 Å². The summed E-state index contributed by atoms with van der Waals surface area (Å²) in [7, 11) is 2.26. The van der Waals surface area contributed by atoms with Crippen LogP contribution in [0, 0.1) is 16.7 Å². The van der Waals surface area contributed by atoms with Crippen molar-refractivity contribution < 1.29 is 0 Å². The summed E-state index contributed by atoms with van der Waals surface area (Å²) >= 11 is 0. The van der Waals surface area contributed by atoms with Crippen molar-refractivity contribution >= 4 is 0 Å². The molecular weight excluding hydrogens is 354 g/mol. The molecule has 0 aromatic rings. The number of piperazine rings is 1. The maximum Gasteiger partial charge on any atom is 0.0113 e. The van der Waals surface area contributed by atoms with E-state index in [1.807, 2.05) is 13.8 Å². The molecule has 29 heavy (non-hydrogen) atoms. The number of rotatable bonds is 5. The number of hydrogen-bond donors (Lipinski definition) is 0. The Morgan fingerprint density at radius 2 is 1.41 bits per heavy atom. The van der Waals surface area contributed by atoms with E-state index in [-0.39, 0.29) is 0 Å². The summed E-state index contributed by atoms with van der Waals surface area (Å²) in [6.45, 7) is 22.5. The Morgan fingerprint density at radius 3 is 1.86 bits per heavy atom. The van der Waals surface area contributed by atoms with Crippen molar-refractivity contribution in [3.05, 3.63) is 0 Å². The van der Waals surface area contributed by atoms with Crippen molar-refractivity contribution in [2.75, 3.05) is 52.9 Å². The average molecular weight is 408 g/mol. The molecule has 0 N–H and O–H groups in total. The van der Waals surface area contributed by atoms with Gasteiger partial charge >= 0.3 is 0 Å². The Hall–Kier alpha value is -0.120. The average Bonchev–Trinajstić information content (AvgIpc) is 3.45. The van der Waals surface area contributed by atoms with Crippen LogP contribution in [0.3, 0.4) is 0 Å². The first-order valence-electron chi connectivity index (χ1n) is 13.0. The Bertz CT molecular complexity index is 433. The van der Waals surface area contributed by atoms with E-state index in [9.17, 15) is 0 Å². The molecule has 0 aromatic heterocycles. The molecule has 0 atom stereocenters. The minimum Gasteiger partial charge on any atom is -0.304 e. The zero-order chi connectivity index (χ0) is 21.5. The highest BCUT2D eigenvalue weighted by molar-refractivity contribution is 5.00. The lowest BCUT2D eigenvalue weighted by atomic mass is 9.67. The zero-order valence-electron chi connectivity index (χ0n) is 21.1. The highest BCUT2D eigenvalue weighted by Gasteiger charge is 2.46. The molecule has 2 heterocycles. The van der Waals surface area contributed by atoms with Crippen LogP contribution in [0.15, 0.2) is 0 Å². The van der Waals surface area contributed by atoms with Crippen LogP contribution in [0.1, 0.15) is 92.9 Å². The van der Waals surface area contributed by atoms with Gasteiger partial charge in [-0.15, -0.1) is 0 Å². The lowest BCUT2D eigenvalue weighted by Gasteiger charge is -2.55. The third-order valence-corrected chi connectivity index (χ3v) is 8.14. The quantitative estimate of drug-likeness (QED) is 0.575. The van der Waals surface area contributed by atoms with Crippen LogP contribution >= 0.6 is 0 Å². The molecule has 0 aromatic carbocycles. The predicted molar refractivity (Wildman–Crippen MR) is 129 cm³/mol. The third-order valence-electron chi connectivity index (χ3n) is 8.14. The zero-order valence-corrected chi connectivity index (χ0v) is 21.1. The number of likely N-dealkylation sites (tertiary alicyclic amines) is 1. The maximum atomic E-state index is 2.79. The highest BCUT2D eigenvalue weighted by atomic mass is 15.3. The first-order valence-corrected chi connectivity index (χ1v) is 13.0. The van der Waals surface area contributed by atoms with E-state index in [1.54, 1.807) is 0 Å². The molecule has 172 valence electrons. The SMILES string of the molecule is CC.CCC(C)C.CN1CCN(C2CCC3(CC2)CN(CCC2(C)CC2)C3)CC1. The van der Waals surface area contributed by atoms with Crippen LogP contribution < -0.4 is 0 Å². The van der Waals surface area contributed by atoms with E-state index >= 15 is 0 Å². The van der Waals surface area contributed by atoms with E-state index in [0.717, 1.165) is 22.8 Å². The monoisotopic (exact) mass is 407 g/mol. The van der Waals surface area contributed by atoms with E-state index in [2.05, 4.69) is 49.4 Å². The summed E-state index contributed by atoms with van der Waals surface area (Å²) in [6, 6.07) is 0.902. The van der Waals surface area contributed by atoms with Gasteiger partial charge < -0.3 is 9.80 Å². The van der Waals surface area contributed by atoms with Crippen LogP contribution in [0.5, 0.6) is 0 Å². The van der Waals surface area contributed by atoms with Crippen LogP contribution in [-0.2, 0) is 0 Å². The fourth-order valence-corrected chi connectivity index (χ4v) is 5.04. The van der Waals surface area contributed by atoms with Crippen LogP contribution in [-0.4, -0.2) is 73.6 Å². The molecule has 3 heteroatoms. The van der Waals surface area contributed by atoms with Gasteiger partial charge in [-0.3, -0.25) is 4.90 Å². The summed E-state index contributed by atoms with van der Waals surface area (Å²) in [5, 5.41) is 0. The lowest BCUT2D eigenvalue weighted by molar-refractivity contribution is -0.0508. The van der Waals surface area contributed by atoms with Gasteiger partial charge in [0.05, 0.1) is 0 Å². The van der Waals surface area contributed by atoms with Gasteiger partial charge in [-0.2, -0.15) is 0 Å². The first kappa shape index (κ1) is 25.1. The molecule has 1 spiro atoms. The Morgan fingerprint density at radius 1 is 0.897 bits per heavy atom. The van der Waals surface area contributed by atoms with Gasteiger partial charge in [0.2, 0.25) is 0 Å². The second-order valence-corrected chi connectivity index (χ2v) is 11.1. The van der Waals surface area contributed by atoms with Crippen LogP contribution in [0.25, 0.3) is 0 Å². The molecule has 2 saturated heterocycles. The van der Waals surface area contributed by atoms with Crippen molar-refractivity contribution in [1.82, 2.24) is 14.7 Å². The summed E-state index contributed by atoms with van der Waals surface area (Å²) in [5.74, 6) is 0.884. The van der Waals surface area contributed by atoms with E-state index in [1.165, 1.54) is 97.2 Å². The smallest absolute Gasteiger partial charge is 0.0113 e. The maximum absolute atomic E-state index is 2.79. The second kappa shape index (κ2) is 11.5. The number of likely N-dealkylation sites (N-methyl/N-ethyl adjacent to an activating group) is 1. The van der Waals surface area contributed by atoms with Gasteiger partial charge in [-0.25, -0.2) is 0 Å². The van der Waals surface area contributed by atoms with E-state index in [0.29, 0.717) is 0 Å². The molecule has 2 saturated carbocycles. The molecule has 3 nitrogen and oxygen atoms in total. The minimum absolute atomic E-state index is 0.730. The second-order valence-electron chi connectivity index (χ2n) is 11.1. The topological polar surface area (TPSA) is 9.72 Å². The van der Waals surface area contributed by atoms with Crippen molar-refractivity contribution in [2.45, 2.75) is 99.0 Å². The molecule has 0 unspecified atom stereocenters. The number of hydrogen-bond acceptors (Lipinski definition) is 3. The van der Waals surface area contributed by atoms with Crippen LogP contribution in [0.4, 0.5) is 0 Å². The van der Waals surface area contributed by atoms with Gasteiger partial charge in [-0.1, -0.05) is 48.0 Å². The Balaban J connectivity index is 0.000000378. The molecule has 2 aliphatic heterocycles. The van der Waals surface area contributed by atoms with Gasteiger partial charge in [0.15, 0.2) is 0 Å². The molecule has 0 bridgehead atoms. The van der Waals surface area contributed by atoms with E-state index < -0.39 is 0 Å². The van der Waals surface area contributed by atoms with Gasteiger partial charge in [0.1, 0.15) is 0 Å². The normalized spacial score (nSPS) is 26.9. The van der Waals surface area contributed by atoms with Crippen molar-refractivity contribution in [2.24, 2.45) is 16.7 Å². The van der Waals surface area contributed by atoms with Gasteiger partial charge in [0, 0.05) is 45.3 Å². The molecular formula is C26H53N3. The van der Waals surface area contributed by atoms with Gasteiger partial charge in [-0.05, 0) is 75.3 Å². The lowest BCUT2D eigenvalue weighted by Crippen LogP contribution is -2.59. The molecule has 0 amide bonds. The molecule has 4 fully saturated rings. The summed E-state index contributed by atoms with van der Waals surface area (Å²) in [6.07, 6.45) is 11.7. The summed E-state index contributed by atoms with van der Waals surface area (Å²) in [5.41, 5.74) is 1.47. The molecule has 2 aliphatic carbocycles. The van der Waals surface area contributed by atoms with Gasteiger partial charge in [0.25, 0.3) is 0 Å². The Labute approximate surface area is 183 Å². The summed E-state index contributed by atoms with van der Waals surface area (Å²) < 4.78 is 0. The highest BCUT2D eigenvalue weighted by Crippen LogP contribution is 2.50. The number of nitrogens with zero attached hydrogens (tertiary/aromatic N) is 3. The fraction of sp³-hybridized carbons (Fsp3) is 1.00. The van der Waals surface area contributed by atoms with Crippen molar-refractivity contribution in [3.63, 3.8) is 0 Å². The first-order chi connectivity index (χ1) is 13.8. The van der Waals surface area contributed by atoms with Crippen LogP contribution in [0.2, 0.25) is 0 Å². The molecule has 4 rings (SSSR count). The Kier molecular flexibility index (Phi) is 9.96. The van der Waals surface area contributed by atoms with E-state index in [4.69, 9.17) is 0 Å². The predicted octanol–water partition coefficient (Wildman–Crippen LogP) is 5.75. The minimum atomic E-state index is 0.730. The fourth-order valence-electron chi connectivity index (χ4n) is 5.04. The largest absolute Gasteiger partial charge is 0.304 e. The third kappa shape index (κ3) is 7.82. The standard InChI is InChI=1S/C19H35N3.C5H12.C2H6/c1-18(7-8-18)9-10-21-15-19(16-21)5-3-17(4-6-19)22-13-11-20(2)12-14-22;1-4-5(2)3;1-2/h17H,3-16H2,1-2H3;5H,4H2,1-3H3;1-2H3. The van der Waals surface area contributed by atoms with Crippen molar-refractivity contribution in [3.8, 4) is 0 Å². The summed E-state index contributed by atoms with van der Waals surface area (Å²) in [4.78, 5) is 8.02. The molecule has 4 aliphatic rings. The molecule has 0 radical (unpaired) electrons.